The van der Waals surface area contributed by atoms with Gasteiger partial charge in [-0.3, -0.25) is 20.4 Å². The summed E-state index contributed by atoms with van der Waals surface area (Å²) >= 11 is 5.18. The highest BCUT2D eigenvalue weighted by Gasteiger charge is 2.16. The number of anilines is 1. The molecular weight excluding hydrogens is 372 g/mol. The minimum absolute atomic E-state index is 0.253. The molecule has 0 spiro atoms. The van der Waals surface area contributed by atoms with Crippen molar-refractivity contribution >= 4 is 34.8 Å². The minimum Gasteiger partial charge on any atom is -0.340 e. The van der Waals surface area contributed by atoms with Gasteiger partial charge in [-0.15, -0.1) is 0 Å². The van der Waals surface area contributed by atoms with Gasteiger partial charge in [-0.2, -0.15) is 0 Å². The van der Waals surface area contributed by atoms with E-state index in [1.807, 2.05) is 37.3 Å². The van der Waals surface area contributed by atoms with Gasteiger partial charge in [-0.1, -0.05) is 43.7 Å². The highest BCUT2D eigenvalue weighted by Crippen LogP contribution is 2.16. The van der Waals surface area contributed by atoms with Crippen LogP contribution in [0.4, 0.5) is 5.69 Å². The van der Waals surface area contributed by atoms with Crippen molar-refractivity contribution in [2.45, 2.75) is 39.7 Å². The van der Waals surface area contributed by atoms with Crippen molar-refractivity contribution in [2.24, 2.45) is 0 Å². The van der Waals surface area contributed by atoms with Gasteiger partial charge in [0.15, 0.2) is 5.11 Å². The molecule has 2 rings (SSSR count). The Morgan fingerprint density at radius 2 is 1.64 bits per heavy atom. The molecule has 0 heterocycles. The average molecular weight is 399 g/mol. The van der Waals surface area contributed by atoms with E-state index in [9.17, 15) is 9.59 Å². The first kappa shape index (κ1) is 21.4. The summed E-state index contributed by atoms with van der Waals surface area (Å²) < 4.78 is 0. The molecule has 0 aromatic heterocycles. The normalized spacial score (nSPS) is 11.5. The van der Waals surface area contributed by atoms with Crippen LogP contribution in [-0.4, -0.2) is 23.0 Å². The SMILES string of the molecule is Cc1cccc(C(=O)N[C@@H](C)C(=O)NNC(=S)Nc2ccc(C(C)C)cc2)c1. The summed E-state index contributed by atoms with van der Waals surface area (Å²) in [5, 5.41) is 5.90. The van der Waals surface area contributed by atoms with Crippen LogP contribution in [0.3, 0.4) is 0 Å². The molecule has 2 aromatic rings. The first-order valence-corrected chi connectivity index (χ1v) is 9.51. The molecule has 0 radical (unpaired) electrons. The van der Waals surface area contributed by atoms with E-state index in [0.717, 1.165) is 11.3 Å². The second-order valence-corrected chi connectivity index (χ2v) is 7.32. The molecule has 1 atom stereocenters. The average Bonchev–Trinajstić information content (AvgIpc) is 2.66. The number of hydrazine groups is 1. The van der Waals surface area contributed by atoms with E-state index in [1.54, 1.807) is 25.1 Å². The Hall–Kier alpha value is -2.93. The van der Waals surface area contributed by atoms with Gasteiger partial charge < -0.3 is 10.6 Å². The second kappa shape index (κ2) is 9.85. The Morgan fingerprint density at radius 1 is 0.964 bits per heavy atom. The highest BCUT2D eigenvalue weighted by atomic mass is 32.1. The maximum Gasteiger partial charge on any atom is 0.260 e. The Bertz CT molecular complexity index is 850. The molecule has 0 unspecified atom stereocenters. The third kappa shape index (κ3) is 6.35. The van der Waals surface area contributed by atoms with Crippen molar-refractivity contribution in [3.63, 3.8) is 0 Å². The van der Waals surface area contributed by atoms with Crippen molar-refractivity contribution < 1.29 is 9.59 Å². The standard InChI is InChI=1S/C21H26N4O2S/c1-13(2)16-8-10-18(11-9-16)23-21(28)25-24-19(26)15(4)22-20(27)17-7-5-6-14(3)12-17/h5-13,15H,1-4H3,(H,22,27)(H,24,26)(H2,23,25,28)/t15-/m0/s1. The van der Waals surface area contributed by atoms with Crippen LogP contribution in [0.25, 0.3) is 0 Å². The van der Waals surface area contributed by atoms with Crippen molar-refractivity contribution in [3.05, 3.63) is 65.2 Å². The molecule has 6 nitrogen and oxygen atoms in total. The fourth-order valence-electron chi connectivity index (χ4n) is 2.47. The quantitative estimate of drug-likeness (QED) is 0.459. The van der Waals surface area contributed by atoms with Gasteiger partial charge in [-0.05, 0) is 61.8 Å². The lowest BCUT2D eigenvalue weighted by molar-refractivity contribution is -0.123. The Balaban J connectivity index is 1.80. The number of hydrogen-bond donors (Lipinski definition) is 4. The number of carbonyl (C=O) groups is 2. The lowest BCUT2D eigenvalue weighted by atomic mass is 10.0. The molecule has 0 bridgehead atoms. The van der Waals surface area contributed by atoms with Crippen LogP contribution < -0.4 is 21.5 Å². The molecule has 2 aromatic carbocycles. The molecule has 0 saturated carbocycles. The Kier molecular flexibility index (Phi) is 7.52. The molecular formula is C21H26N4O2S. The Labute approximate surface area is 171 Å². The molecule has 148 valence electrons. The van der Waals surface area contributed by atoms with E-state index in [1.165, 1.54) is 5.56 Å². The maximum absolute atomic E-state index is 12.2. The minimum atomic E-state index is -0.728. The zero-order chi connectivity index (χ0) is 20.7. The lowest BCUT2D eigenvalue weighted by Crippen LogP contribution is -2.51. The second-order valence-electron chi connectivity index (χ2n) is 6.91. The summed E-state index contributed by atoms with van der Waals surface area (Å²) in [7, 11) is 0. The highest BCUT2D eigenvalue weighted by molar-refractivity contribution is 7.80. The summed E-state index contributed by atoms with van der Waals surface area (Å²) in [5.74, 6) is -0.257. The van der Waals surface area contributed by atoms with Crippen molar-refractivity contribution in [1.29, 1.82) is 0 Å². The number of carbonyl (C=O) groups excluding carboxylic acids is 2. The number of nitrogens with one attached hydrogen (secondary N) is 4. The number of hydrogen-bond acceptors (Lipinski definition) is 3. The summed E-state index contributed by atoms with van der Waals surface area (Å²) in [6.07, 6.45) is 0. The van der Waals surface area contributed by atoms with Crippen molar-refractivity contribution in [2.75, 3.05) is 5.32 Å². The van der Waals surface area contributed by atoms with Crippen molar-refractivity contribution in [3.8, 4) is 0 Å². The Morgan fingerprint density at radius 3 is 2.25 bits per heavy atom. The van der Waals surface area contributed by atoms with E-state index in [2.05, 4.69) is 35.3 Å². The van der Waals surface area contributed by atoms with E-state index in [0.29, 0.717) is 11.5 Å². The van der Waals surface area contributed by atoms with Crippen LogP contribution in [0.2, 0.25) is 0 Å². The molecule has 2 amide bonds. The van der Waals surface area contributed by atoms with Gasteiger partial charge in [0.25, 0.3) is 11.8 Å². The lowest BCUT2D eigenvalue weighted by Gasteiger charge is -2.16. The summed E-state index contributed by atoms with van der Waals surface area (Å²) in [6, 6.07) is 14.3. The van der Waals surface area contributed by atoms with Crippen molar-refractivity contribution in [1.82, 2.24) is 16.2 Å². The van der Waals surface area contributed by atoms with Gasteiger partial charge >= 0.3 is 0 Å². The molecule has 0 aliphatic heterocycles. The van der Waals surface area contributed by atoms with Crippen LogP contribution >= 0.6 is 12.2 Å². The summed E-state index contributed by atoms with van der Waals surface area (Å²) in [4.78, 5) is 24.4. The van der Waals surface area contributed by atoms with Gasteiger partial charge in [0, 0.05) is 11.3 Å². The summed E-state index contributed by atoms with van der Waals surface area (Å²) in [5.41, 5.74) is 8.67. The van der Waals surface area contributed by atoms with E-state index in [4.69, 9.17) is 12.2 Å². The number of rotatable bonds is 5. The molecule has 7 heteroatoms. The van der Waals surface area contributed by atoms with E-state index in [-0.39, 0.29) is 11.0 Å². The predicted octanol–water partition coefficient (Wildman–Crippen LogP) is 3.25. The predicted molar refractivity (Wildman–Crippen MR) is 116 cm³/mol. The fourth-order valence-corrected chi connectivity index (χ4v) is 2.64. The smallest absolute Gasteiger partial charge is 0.260 e. The molecule has 0 fully saturated rings. The summed E-state index contributed by atoms with van der Waals surface area (Å²) in [6.45, 7) is 7.76. The maximum atomic E-state index is 12.2. The molecule has 4 N–H and O–H groups in total. The third-order valence-corrected chi connectivity index (χ3v) is 4.36. The topological polar surface area (TPSA) is 82.3 Å². The number of aryl methyl sites for hydroxylation is 1. The molecule has 28 heavy (non-hydrogen) atoms. The van der Waals surface area contributed by atoms with Crippen LogP contribution in [0.1, 0.15) is 48.2 Å². The monoisotopic (exact) mass is 398 g/mol. The largest absolute Gasteiger partial charge is 0.340 e. The zero-order valence-corrected chi connectivity index (χ0v) is 17.3. The van der Waals surface area contributed by atoms with Gasteiger partial charge in [0.2, 0.25) is 0 Å². The first-order chi connectivity index (χ1) is 13.3. The van der Waals surface area contributed by atoms with Gasteiger partial charge in [0.05, 0.1) is 0 Å². The van der Waals surface area contributed by atoms with Gasteiger partial charge in [0.1, 0.15) is 6.04 Å². The van der Waals surface area contributed by atoms with E-state index >= 15 is 0 Å². The first-order valence-electron chi connectivity index (χ1n) is 9.10. The molecule has 0 aliphatic rings. The van der Waals surface area contributed by atoms with E-state index < -0.39 is 11.9 Å². The zero-order valence-electron chi connectivity index (χ0n) is 16.5. The fraction of sp³-hybridized carbons (Fsp3) is 0.286. The number of thiocarbonyl (C=S) groups is 1. The number of amides is 2. The molecule has 0 saturated heterocycles. The van der Waals surface area contributed by atoms with Gasteiger partial charge in [-0.25, -0.2) is 0 Å². The van der Waals surface area contributed by atoms with Crippen LogP contribution in [-0.2, 0) is 4.79 Å². The molecule has 0 aliphatic carbocycles. The van der Waals surface area contributed by atoms with Crippen LogP contribution in [0.15, 0.2) is 48.5 Å². The third-order valence-electron chi connectivity index (χ3n) is 4.16. The number of benzene rings is 2. The van der Waals surface area contributed by atoms with Crippen LogP contribution in [0, 0.1) is 6.92 Å². The van der Waals surface area contributed by atoms with Crippen LogP contribution in [0.5, 0.6) is 0 Å².